The fraction of sp³-hybridized carbons (Fsp3) is 0.333. The molecule has 18 heavy (non-hydrogen) atoms. The molecule has 0 unspecified atom stereocenters. The van der Waals surface area contributed by atoms with Crippen LogP contribution in [0.25, 0.3) is 11.4 Å². The summed E-state index contributed by atoms with van der Waals surface area (Å²) < 4.78 is 1.79. The Morgan fingerprint density at radius 2 is 1.83 bits per heavy atom. The molecule has 2 rings (SSSR count). The highest BCUT2D eigenvalue weighted by molar-refractivity contribution is 7.98. The van der Waals surface area contributed by atoms with Crippen LogP contribution in [0.4, 0.5) is 0 Å². The summed E-state index contributed by atoms with van der Waals surface area (Å²) in [5.74, 6) is 0.582. The lowest BCUT2D eigenvalue weighted by molar-refractivity contribution is 0.451. The van der Waals surface area contributed by atoms with Crippen molar-refractivity contribution in [2.24, 2.45) is 7.05 Å². The van der Waals surface area contributed by atoms with Crippen LogP contribution in [0.5, 0.6) is 11.5 Å². The van der Waals surface area contributed by atoms with E-state index in [9.17, 15) is 10.2 Å². The number of hydrogen-bond acceptors (Lipinski definition) is 5. The van der Waals surface area contributed by atoms with E-state index in [4.69, 9.17) is 0 Å². The van der Waals surface area contributed by atoms with Crippen molar-refractivity contribution in [3.63, 3.8) is 0 Å². The van der Waals surface area contributed by atoms with Gasteiger partial charge in [-0.25, -0.2) is 0 Å². The van der Waals surface area contributed by atoms with Gasteiger partial charge in [-0.15, -0.1) is 10.2 Å². The number of hydrogen-bond donors (Lipinski definition) is 2. The van der Waals surface area contributed by atoms with E-state index in [0.29, 0.717) is 11.4 Å². The quantitative estimate of drug-likeness (QED) is 0.818. The predicted molar refractivity (Wildman–Crippen MR) is 72.9 cm³/mol. The summed E-state index contributed by atoms with van der Waals surface area (Å²) in [6.07, 6.45) is 1.91. The molecule has 1 heterocycles. The molecular weight excluding hydrogens is 250 g/mol. The summed E-state index contributed by atoms with van der Waals surface area (Å²) in [4.78, 5) is 0. The monoisotopic (exact) mass is 267 g/mol. The molecule has 5 nitrogen and oxygen atoms in total. The molecule has 0 saturated heterocycles. The van der Waals surface area contributed by atoms with Crippen molar-refractivity contribution < 1.29 is 10.2 Å². The fourth-order valence-electron chi connectivity index (χ4n) is 1.44. The Kier molecular flexibility index (Phi) is 5.03. The molecule has 2 aromatic rings. The molecule has 0 bridgehead atoms. The molecule has 0 fully saturated rings. The molecule has 0 spiro atoms. The maximum atomic E-state index is 9.70. The highest BCUT2D eigenvalue weighted by atomic mass is 32.2. The Labute approximate surface area is 110 Å². The van der Waals surface area contributed by atoms with Gasteiger partial charge >= 0.3 is 0 Å². The van der Waals surface area contributed by atoms with Gasteiger partial charge in [0, 0.05) is 13.1 Å². The van der Waals surface area contributed by atoms with E-state index in [-0.39, 0.29) is 11.5 Å². The van der Waals surface area contributed by atoms with E-state index in [1.807, 2.05) is 27.2 Å². The van der Waals surface area contributed by atoms with Gasteiger partial charge in [0.25, 0.3) is 0 Å². The first kappa shape index (κ1) is 14.4. The van der Waals surface area contributed by atoms with Gasteiger partial charge in [0.05, 0.1) is 5.56 Å². The minimum atomic E-state index is -0.0110. The maximum absolute atomic E-state index is 9.70. The fourth-order valence-corrected chi connectivity index (χ4v) is 1.92. The molecule has 2 N–H and O–H groups in total. The first-order chi connectivity index (χ1) is 8.63. The number of phenolic OH excluding ortho intramolecular Hbond substituents is 2. The second-order valence-corrected chi connectivity index (χ2v) is 4.04. The third-order valence-electron chi connectivity index (χ3n) is 2.24. The Bertz CT molecular complexity index is 526. The smallest absolute Gasteiger partial charge is 0.190 e. The van der Waals surface area contributed by atoms with E-state index in [1.54, 1.807) is 10.6 Å². The number of phenols is 2. The number of aromatic hydroxyl groups is 2. The van der Waals surface area contributed by atoms with Crippen molar-refractivity contribution in [1.29, 1.82) is 0 Å². The van der Waals surface area contributed by atoms with Crippen molar-refractivity contribution in [3.05, 3.63) is 18.2 Å². The van der Waals surface area contributed by atoms with Gasteiger partial charge in [0.2, 0.25) is 0 Å². The highest BCUT2D eigenvalue weighted by Crippen LogP contribution is 2.31. The van der Waals surface area contributed by atoms with Gasteiger partial charge < -0.3 is 14.8 Å². The van der Waals surface area contributed by atoms with Crippen LogP contribution in [0.15, 0.2) is 23.4 Å². The molecule has 0 atom stereocenters. The Morgan fingerprint density at radius 3 is 2.33 bits per heavy atom. The van der Waals surface area contributed by atoms with Crippen molar-refractivity contribution >= 4 is 11.8 Å². The first-order valence-electron chi connectivity index (χ1n) is 5.59. The molecule has 98 valence electrons. The van der Waals surface area contributed by atoms with Crippen LogP contribution in [-0.2, 0) is 7.05 Å². The van der Waals surface area contributed by atoms with Crippen LogP contribution < -0.4 is 0 Å². The maximum Gasteiger partial charge on any atom is 0.190 e. The Hall–Kier alpha value is -1.69. The van der Waals surface area contributed by atoms with E-state index < -0.39 is 0 Å². The van der Waals surface area contributed by atoms with Gasteiger partial charge in [-0.1, -0.05) is 25.6 Å². The zero-order valence-corrected chi connectivity index (χ0v) is 11.7. The van der Waals surface area contributed by atoms with Gasteiger partial charge in [-0.3, -0.25) is 0 Å². The molecule has 1 aromatic carbocycles. The minimum absolute atomic E-state index is 0.0110. The van der Waals surface area contributed by atoms with E-state index >= 15 is 0 Å². The van der Waals surface area contributed by atoms with Crippen molar-refractivity contribution in [1.82, 2.24) is 14.8 Å². The third-order valence-corrected chi connectivity index (χ3v) is 2.96. The largest absolute Gasteiger partial charge is 0.508 e. The number of aromatic nitrogens is 3. The average molecular weight is 267 g/mol. The highest BCUT2D eigenvalue weighted by Gasteiger charge is 2.13. The summed E-state index contributed by atoms with van der Waals surface area (Å²) in [7, 11) is 1.83. The number of thioether (sulfide) groups is 1. The summed E-state index contributed by atoms with van der Waals surface area (Å²) in [6.45, 7) is 4.00. The van der Waals surface area contributed by atoms with Crippen LogP contribution in [0.3, 0.4) is 0 Å². The minimum Gasteiger partial charge on any atom is -0.508 e. The topological polar surface area (TPSA) is 71.2 Å². The van der Waals surface area contributed by atoms with E-state index in [1.165, 1.54) is 23.9 Å². The molecule has 0 saturated carbocycles. The van der Waals surface area contributed by atoms with Crippen molar-refractivity contribution in [2.45, 2.75) is 19.0 Å². The normalized spacial score (nSPS) is 9.78. The standard InChI is InChI=1S/C10H11N3O2S.C2H6/c1-13-9(11-12-10(13)16-2)7-4-3-6(14)5-8(7)15;1-2/h3-5,14-15H,1-2H3;1-2H3. The van der Waals surface area contributed by atoms with Gasteiger partial charge in [-0.2, -0.15) is 0 Å². The van der Waals surface area contributed by atoms with Crippen LogP contribution in [0.2, 0.25) is 0 Å². The second-order valence-electron chi connectivity index (χ2n) is 3.27. The molecule has 1 aromatic heterocycles. The molecule has 0 aliphatic heterocycles. The molecule has 0 radical (unpaired) electrons. The predicted octanol–water partition coefficient (Wildman–Crippen LogP) is 2.64. The first-order valence-corrected chi connectivity index (χ1v) is 6.81. The van der Waals surface area contributed by atoms with Gasteiger partial charge in [-0.05, 0) is 18.4 Å². The molecule has 0 aliphatic rings. The lowest BCUT2D eigenvalue weighted by atomic mass is 10.2. The van der Waals surface area contributed by atoms with Gasteiger partial charge in [0.15, 0.2) is 11.0 Å². The Morgan fingerprint density at radius 1 is 1.17 bits per heavy atom. The zero-order valence-electron chi connectivity index (χ0n) is 10.9. The van der Waals surface area contributed by atoms with Crippen LogP contribution >= 0.6 is 11.8 Å². The second kappa shape index (κ2) is 6.30. The molecule has 6 heteroatoms. The number of benzene rings is 1. The summed E-state index contributed by atoms with van der Waals surface area (Å²) in [6, 6.07) is 4.39. The van der Waals surface area contributed by atoms with Crippen LogP contribution in [0.1, 0.15) is 13.8 Å². The van der Waals surface area contributed by atoms with E-state index in [2.05, 4.69) is 10.2 Å². The SMILES string of the molecule is CC.CSc1nnc(-c2ccc(O)cc2O)n1C. The van der Waals surface area contributed by atoms with Crippen molar-refractivity contribution in [2.75, 3.05) is 6.26 Å². The summed E-state index contributed by atoms with van der Waals surface area (Å²) >= 11 is 1.48. The molecule has 0 amide bonds. The third kappa shape index (κ3) is 2.76. The summed E-state index contributed by atoms with van der Waals surface area (Å²) in [5, 5.41) is 27.6. The average Bonchev–Trinajstić information content (AvgIpc) is 2.73. The van der Waals surface area contributed by atoms with Crippen LogP contribution in [0, 0.1) is 0 Å². The Balaban J connectivity index is 0.000000771. The lowest BCUT2D eigenvalue weighted by Gasteiger charge is -2.04. The van der Waals surface area contributed by atoms with Gasteiger partial charge in [0.1, 0.15) is 11.5 Å². The van der Waals surface area contributed by atoms with Crippen LogP contribution in [-0.4, -0.2) is 31.2 Å². The lowest BCUT2D eigenvalue weighted by Crippen LogP contribution is -1.94. The zero-order chi connectivity index (χ0) is 13.7. The van der Waals surface area contributed by atoms with Crippen molar-refractivity contribution in [3.8, 4) is 22.9 Å². The number of nitrogens with zero attached hydrogens (tertiary/aromatic N) is 3. The van der Waals surface area contributed by atoms with E-state index in [0.717, 1.165) is 5.16 Å². The molecular formula is C12H17N3O2S. The summed E-state index contributed by atoms with van der Waals surface area (Å²) in [5.41, 5.74) is 0.549. The number of rotatable bonds is 2. The molecule has 0 aliphatic carbocycles.